The van der Waals surface area contributed by atoms with Crippen LogP contribution in [0.15, 0.2) is 15.9 Å². The van der Waals surface area contributed by atoms with Gasteiger partial charge in [-0.05, 0) is 32.4 Å². The zero-order valence-corrected chi connectivity index (χ0v) is 10.6. The lowest BCUT2D eigenvalue weighted by Crippen LogP contribution is -2.04. The van der Waals surface area contributed by atoms with Crippen LogP contribution in [0, 0.1) is 6.92 Å². The zero-order valence-electron chi connectivity index (χ0n) is 8.79. The zero-order chi connectivity index (χ0) is 11.7. The SMILES string of the molecule is CC(=O)c1cc(C)c(C(C)=O)c(S)c1S. The van der Waals surface area contributed by atoms with Crippen molar-refractivity contribution in [2.75, 3.05) is 0 Å². The number of Topliss-reactive ketones (excluding diaryl/α,β-unsaturated/α-hetero) is 2. The third kappa shape index (κ3) is 2.26. The lowest BCUT2D eigenvalue weighted by molar-refractivity contribution is 0.0996. The molecule has 0 saturated heterocycles. The summed E-state index contributed by atoms with van der Waals surface area (Å²) in [5.74, 6) is -0.142. The Morgan fingerprint density at radius 3 is 2.00 bits per heavy atom. The van der Waals surface area contributed by atoms with Gasteiger partial charge >= 0.3 is 0 Å². The number of carbonyl (C=O) groups excluding carboxylic acids is 2. The predicted octanol–water partition coefficient (Wildman–Crippen LogP) is 2.98. The van der Waals surface area contributed by atoms with E-state index in [2.05, 4.69) is 25.3 Å². The van der Waals surface area contributed by atoms with Crippen molar-refractivity contribution >= 4 is 36.8 Å². The molecule has 0 unspecified atom stereocenters. The Balaban J connectivity index is 3.58. The van der Waals surface area contributed by atoms with E-state index in [4.69, 9.17) is 0 Å². The van der Waals surface area contributed by atoms with Gasteiger partial charge in [0.05, 0.1) is 0 Å². The first-order valence-electron chi connectivity index (χ1n) is 4.43. The van der Waals surface area contributed by atoms with Crippen molar-refractivity contribution < 1.29 is 9.59 Å². The normalized spacial score (nSPS) is 10.2. The molecule has 0 fully saturated rings. The van der Waals surface area contributed by atoms with Crippen molar-refractivity contribution in [3.05, 3.63) is 22.8 Å². The Bertz CT molecular complexity index is 450. The van der Waals surface area contributed by atoms with Crippen LogP contribution in [0.5, 0.6) is 0 Å². The molecule has 0 amide bonds. The van der Waals surface area contributed by atoms with Gasteiger partial charge in [0.15, 0.2) is 11.6 Å². The Morgan fingerprint density at radius 2 is 1.60 bits per heavy atom. The number of ketones is 2. The number of hydrogen-bond donors (Lipinski definition) is 2. The summed E-state index contributed by atoms with van der Waals surface area (Å²) < 4.78 is 0. The molecule has 0 aliphatic heterocycles. The highest BCUT2D eigenvalue weighted by Gasteiger charge is 2.16. The lowest BCUT2D eigenvalue weighted by atomic mass is 10.0. The van der Waals surface area contributed by atoms with E-state index in [0.29, 0.717) is 20.9 Å². The maximum atomic E-state index is 11.4. The highest BCUT2D eigenvalue weighted by Crippen LogP contribution is 2.29. The fourth-order valence-electron chi connectivity index (χ4n) is 1.50. The Kier molecular flexibility index (Phi) is 3.62. The van der Waals surface area contributed by atoms with Crippen LogP contribution in [0.4, 0.5) is 0 Å². The summed E-state index contributed by atoms with van der Waals surface area (Å²) >= 11 is 8.45. The minimum Gasteiger partial charge on any atom is -0.294 e. The summed E-state index contributed by atoms with van der Waals surface area (Å²) in [5.41, 5.74) is 1.80. The molecular weight excluding hydrogens is 228 g/mol. The maximum Gasteiger partial charge on any atom is 0.161 e. The number of carbonyl (C=O) groups is 2. The van der Waals surface area contributed by atoms with E-state index >= 15 is 0 Å². The number of thiol groups is 2. The van der Waals surface area contributed by atoms with Crippen LogP contribution in [-0.2, 0) is 0 Å². The number of benzene rings is 1. The van der Waals surface area contributed by atoms with Crippen molar-refractivity contribution in [1.29, 1.82) is 0 Å². The summed E-state index contributed by atoms with van der Waals surface area (Å²) in [7, 11) is 0. The van der Waals surface area contributed by atoms with Gasteiger partial charge in [0.25, 0.3) is 0 Å². The smallest absolute Gasteiger partial charge is 0.161 e. The van der Waals surface area contributed by atoms with Gasteiger partial charge in [-0.2, -0.15) is 0 Å². The minimum absolute atomic E-state index is 0.0668. The average molecular weight is 240 g/mol. The van der Waals surface area contributed by atoms with Crippen LogP contribution >= 0.6 is 25.3 Å². The van der Waals surface area contributed by atoms with Gasteiger partial charge in [0.2, 0.25) is 0 Å². The van der Waals surface area contributed by atoms with Gasteiger partial charge < -0.3 is 0 Å². The Morgan fingerprint density at radius 1 is 1.07 bits per heavy atom. The highest BCUT2D eigenvalue weighted by molar-refractivity contribution is 7.83. The standard InChI is InChI=1S/C11H12O2S2/c1-5-4-8(6(2)12)10(14)11(15)9(5)7(3)13/h4,14-15H,1-3H3. The molecule has 0 radical (unpaired) electrons. The lowest BCUT2D eigenvalue weighted by Gasteiger charge is -2.11. The van der Waals surface area contributed by atoms with Crippen LogP contribution in [-0.4, -0.2) is 11.6 Å². The Hall–Kier alpha value is -0.740. The molecular formula is C11H12O2S2. The summed E-state index contributed by atoms with van der Waals surface area (Å²) in [5, 5.41) is 0. The molecule has 0 spiro atoms. The number of hydrogen-bond acceptors (Lipinski definition) is 4. The third-order valence-corrected chi connectivity index (χ3v) is 3.29. The molecule has 15 heavy (non-hydrogen) atoms. The molecule has 0 aliphatic rings. The fourth-order valence-corrected chi connectivity index (χ4v) is 2.29. The molecule has 1 rings (SSSR count). The fraction of sp³-hybridized carbons (Fsp3) is 0.273. The Labute approximate surface area is 99.9 Å². The monoisotopic (exact) mass is 240 g/mol. The average Bonchev–Trinajstić information content (AvgIpc) is 2.10. The van der Waals surface area contributed by atoms with E-state index in [1.807, 2.05) is 0 Å². The molecule has 1 aromatic rings. The summed E-state index contributed by atoms with van der Waals surface area (Å²) in [6, 6.07) is 1.68. The van der Waals surface area contributed by atoms with Crippen LogP contribution < -0.4 is 0 Å². The highest BCUT2D eigenvalue weighted by atomic mass is 32.1. The van der Waals surface area contributed by atoms with Crippen LogP contribution in [0.25, 0.3) is 0 Å². The quantitative estimate of drug-likeness (QED) is 0.615. The molecule has 0 N–H and O–H groups in total. The molecule has 4 heteroatoms. The van der Waals surface area contributed by atoms with Crippen LogP contribution in [0.1, 0.15) is 40.1 Å². The van der Waals surface area contributed by atoms with Crippen LogP contribution in [0.3, 0.4) is 0 Å². The molecule has 0 bridgehead atoms. The van der Waals surface area contributed by atoms with Crippen molar-refractivity contribution in [2.24, 2.45) is 0 Å². The summed E-state index contributed by atoms with van der Waals surface area (Å²) in [4.78, 5) is 23.6. The van der Waals surface area contributed by atoms with E-state index in [-0.39, 0.29) is 11.6 Å². The van der Waals surface area contributed by atoms with Crippen molar-refractivity contribution in [3.63, 3.8) is 0 Å². The van der Waals surface area contributed by atoms with E-state index in [0.717, 1.165) is 5.56 Å². The van der Waals surface area contributed by atoms with Crippen molar-refractivity contribution in [3.8, 4) is 0 Å². The van der Waals surface area contributed by atoms with Crippen molar-refractivity contribution in [1.82, 2.24) is 0 Å². The second-order valence-electron chi connectivity index (χ2n) is 3.43. The first-order chi connectivity index (χ1) is 6.86. The molecule has 0 heterocycles. The van der Waals surface area contributed by atoms with Gasteiger partial charge in [0.1, 0.15) is 0 Å². The second kappa shape index (κ2) is 4.41. The van der Waals surface area contributed by atoms with E-state index < -0.39 is 0 Å². The van der Waals surface area contributed by atoms with Gasteiger partial charge in [-0.25, -0.2) is 0 Å². The molecule has 0 aliphatic carbocycles. The van der Waals surface area contributed by atoms with Gasteiger partial charge in [-0.15, -0.1) is 25.3 Å². The predicted molar refractivity (Wildman–Crippen MR) is 65.7 cm³/mol. The largest absolute Gasteiger partial charge is 0.294 e. The first-order valence-corrected chi connectivity index (χ1v) is 5.33. The topological polar surface area (TPSA) is 34.1 Å². The minimum atomic E-state index is -0.0755. The number of rotatable bonds is 2. The van der Waals surface area contributed by atoms with Gasteiger partial charge in [-0.1, -0.05) is 0 Å². The number of aryl methyl sites for hydroxylation is 1. The molecule has 0 saturated carbocycles. The summed E-state index contributed by atoms with van der Waals surface area (Å²) in [6.45, 7) is 4.73. The molecule has 2 nitrogen and oxygen atoms in total. The molecule has 0 atom stereocenters. The van der Waals surface area contributed by atoms with E-state index in [1.54, 1.807) is 13.0 Å². The third-order valence-electron chi connectivity index (χ3n) is 2.20. The summed E-state index contributed by atoms with van der Waals surface area (Å²) in [6.07, 6.45) is 0. The molecule has 1 aromatic carbocycles. The van der Waals surface area contributed by atoms with E-state index in [1.165, 1.54) is 13.8 Å². The maximum absolute atomic E-state index is 11.4. The van der Waals surface area contributed by atoms with Crippen LogP contribution in [0.2, 0.25) is 0 Å². The van der Waals surface area contributed by atoms with Crippen molar-refractivity contribution in [2.45, 2.75) is 30.6 Å². The molecule has 0 aromatic heterocycles. The van der Waals surface area contributed by atoms with E-state index in [9.17, 15) is 9.59 Å². The second-order valence-corrected chi connectivity index (χ2v) is 4.32. The molecule has 80 valence electrons. The van der Waals surface area contributed by atoms with Gasteiger partial charge in [-0.3, -0.25) is 9.59 Å². The first kappa shape index (κ1) is 12.3. The van der Waals surface area contributed by atoms with Gasteiger partial charge in [0, 0.05) is 20.9 Å².